The first-order valence-electron chi connectivity index (χ1n) is 4.01. The van der Waals surface area contributed by atoms with Gasteiger partial charge in [-0.15, -0.1) is 0 Å². The summed E-state index contributed by atoms with van der Waals surface area (Å²) in [6.45, 7) is -0.139. The molecular weight excluding hydrogens is 222 g/mol. The quantitative estimate of drug-likeness (QED) is 0.399. The Bertz CT molecular complexity index is 278. The van der Waals surface area contributed by atoms with Crippen molar-refractivity contribution in [1.29, 1.82) is 0 Å². The average molecular weight is 229 g/mol. The number of esters is 2. The largest absolute Gasteiger partial charge is 0.491 e. The van der Waals surface area contributed by atoms with E-state index >= 15 is 0 Å². The maximum absolute atomic E-state index is 12.5. The molecule has 2 atom stereocenters. The molecule has 1 fully saturated rings. The van der Waals surface area contributed by atoms with E-state index < -0.39 is 30.3 Å². The van der Waals surface area contributed by atoms with Crippen molar-refractivity contribution in [3.63, 3.8) is 0 Å². The van der Waals surface area contributed by atoms with Gasteiger partial charge in [-0.3, -0.25) is 0 Å². The highest BCUT2D eigenvalue weighted by molar-refractivity contribution is 5.91. The van der Waals surface area contributed by atoms with Crippen LogP contribution in [0.5, 0.6) is 0 Å². The van der Waals surface area contributed by atoms with Gasteiger partial charge >= 0.3 is 18.1 Å². The van der Waals surface area contributed by atoms with E-state index in [4.69, 9.17) is 0 Å². The Hall–Kier alpha value is -1.18. The predicted molar refractivity (Wildman–Crippen MR) is 38.5 cm³/mol. The molecule has 15 heavy (non-hydrogen) atoms. The minimum Gasteiger partial charge on any atom is -0.385 e. The second kappa shape index (κ2) is 4.13. The van der Waals surface area contributed by atoms with Crippen LogP contribution in [-0.4, -0.2) is 36.9 Å². The van der Waals surface area contributed by atoms with Gasteiger partial charge in [-0.2, -0.15) is 13.2 Å². The van der Waals surface area contributed by atoms with Crippen LogP contribution in [0.2, 0.25) is 0 Å². The summed E-state index contributed by atoms with van der Waals surface area (Å²) in [5, 5.41) is 2.29. The van der Waals surface area contributed by atoms with Crippen molar-refractivity contribution in [1.82, 2.24) is 5.32 Å². The Morgan fingerprint density at radius 1 is 1.33 bits per heavy atom. The molecule has 0 saturated carbocycles. The summed E-state index contributed by atoms with van der Waals surface area (Å²) in [4.78, 5) is 21.1. The molecule has 1 rings (SSSR count). The van der Waals surface area contributed by atoms with E-state index in [-0.39, 0.29) is 13.0 Å². The number of rotatable bonds is 1. The summed E-state index contributed by atoms with van der Waals surface area (Å²) in [5.41, 5.74) is 0. The van der Waals surface area contributed by atoms with E-state index in [1.807, 2.05) is 0 Å². The summed E-state index contributed by atoms with van der Waals surface area (Å²) in [6, 6.07) is -1.19. The van der Waals surface area contributed by atoms with Crippen LogP contribution in [-0.2, 0) is 14.3 Å². The highest BCUT2D eigenvalue weighted by Gasteiger charge is 2.44. The maximum Gasteiger partial charge on any atom is 0.491 e. The molecule has 8 heteroatoms. The van der Waals surface area contributed by atoms with Gasteiger partial charge in [0.05, 0.1) is 0 Å². The van der Waals surface area contributed by atoms with Crippen molar-refractivity contribution >= 4 is 11.9 Å². The van der Waals surface area contributed by atoms with Crippen molar-refractivity contribution in [3.05, 3.63) is 0 Å². The molecule has 0 aromatic heterocycles. The summed E-state index contributed by atoms with van der Waals surface area (Å²) in [5.74, 6) is -3.99. The highest BCUT2D eigenvalue weighted by Crippen LogP contribution is 2.18. The molecule has 0 unspecified atom stereocenters. The van der Waals surface area contributed by atoms with Crippen molar-refractivity contribution in [2.24, 2.45) is 0 Å². The molecule has 86 valence electrons. The number of hydrogen-bond acceptors (Lipinski definition) is 4. The van der Waals surface area contributed by atoms with E-state index in [0.717, 1.165) is 0 Å². The summed E-state index contributed by atoms with van der Waals surface area (Å²) >= 11 is 0. The van der Waals surface area contributed by atoms with Crippen molar-refractivity contribution in [3.8, 4) is 0 Å². The Labute approximate surface area is 81.6 Å². The van der Waals surface area contributed by atoms with Gasteiger partial charge in [0.25, 0.3) is 0 Å². The van der Waals surface area contributed by atoms with E-state index in [1.165, 1.54) is 0 Å². The normalized spacial score (nSPS) is 26.4. The predicted octanol–water partition coefficient (Wildman–Crippen LogP) is 0.318. The van der Waals surface area contributed by atoms with Gasteiger partial charge in [-0.05, 0) is 0 Å². The summed E-state index contributed by atoms with van der Waals surface area (Å²) < 4.78 is 51.0. The number of carbonyl (C=O) groups is 2. The third-order valence-corrected chi connectivity index (χ3v) is 1.79. The monoisotopic (exact) mass is 229 g/mol. The van der Waals surface area contributed by atoms with Crippen LogP contribution >= 0.6 is 0 Å². The third-order valence-electron chi connectivity index (χ3n) is 1.79. The summed E-state index contributed by atoms with van der Waals surface area (Å²) in [6.07, 6.45) is -6.82. The molecule has 0 amide bonds. The van der Waals surface area contributed by atoms with E-state index in [9.17, 15) is 27.2 Å². The molecule has 1 N–H and O–H groups in total. The van der Waals surface area contributed by atoms with Crippen LogP contribution in [0.15, 0.2) is 0 Å². The van der Waals surface area contributed by atoms with Crippen molar-refractivity contribution in [2.75, 3.05) is 6.54 Å². The Kier molecular flexibility index (Phi) is 3.28. The minimum atomic E-state index is -5.22. The lowest BCUT2D eigenvalue weighted by Crippen LogP contribution is -2.37. The van der Waals surface area contributed by atoms with Crippen LogP contribution in [0, 0.1) is 0 Å². The molecule has 0 aromatic carbocycles. The zero-order chi connectivity index (χ0) is 11.6. The maximum atomic E-state index is 12.5. The van der Waals surface area contributed by atoms with Gasteiger partial charge in [0.1, 0.15) is 12.2 Å². The van der Waals surface area contributed by atoms with Crippen molar-refractivity contribution < 1.29 is 31.9 Å². The van der Waals surface area contributed by atoms with Crippen LogP contribution in [0.4, 0.5) is 17.6 Å². The topological polar surface area (TPSA) is 55.4 Å². The summed E-state index contributed by atoms with van der Waals surface area (Å²) in [7, 11) is 0. The van der Waals surface area contributed by atoms with Gasteiger partial charge in [0, 0.05) is 13.0 Å². The molecule has 0 aliphatic carbocycles. The molecule has 1 saturated heterocycles. The van der Waals surface area contributed by atoms with Crippen LogP contribution in [0.3, 0.4) is 0 Å². The molecular formula is C7H7F4NO3. The lowest BCUT2D eigenvalue weighted by Gasteiger charge is -2.09. The van der Waals surface area contributed by atoms with E-state index in [2.05, 4.69) is 10.1 Å². The minimum absolute atomic E-state index is 0.139. The fourth-order valence-electron chi connectivity index (χ4n) is 1.09. The third kappa shape index (κ3) is 3.15. The zero-order valence-electron chi connectivity index (χ0n) is 7.31. The first-order chi connectivity index (χ1) is 6.80. The average Bonchev–Trinajstić information content (AvgIpc) is 2.50. The van der Waals surface area contributed by atoms with Crippen LogP contribution in [0.1, 0.15) is 6.42 Å². The van der Waals surface area contributed by atoms with Crippen LogP contribution in [0.25, 0.3) is 0 Å². The Morgan fingerprint density at radius 2 is 1.93 bits per heavy atom. The van der Waals surface area contributed by atoms with E-state index in [1.54, 1.807) is 0 Å². The van der Waals surface area contributed by atoms with Gasteiger partial charge in [-0.25, -0.2) is 14.0 Å². The van der Waals surface area contributed by atoms with Gasteiger partial charge in [0.2, 0.25) is 0 Å². The van der Waals surface area contributed by atoms with Crippen molar-refractivity contribution in [2.45, 2.75) is 24.8 Å². The van der Waals surface area contributed by atoms with Gasteiger partial charge in [-0.1, -0.05) is 0 Å². The first kappa shape index (κ1) is 11.9. The fraction of sp³-hybridized carbons (Fsp3) is 0.714. The number of carbonyl (C=O) groups excluding carboxylic acids is 2. The molecule has 4 nitrogen and oxygen atoms in total. The molecule has 0 aromatic rings. The molecule has 1 heterocycles. The molecule has 1 aliphatic rings. The second-order valence-corrected chi connectivity index (χ2v) is 3.00. The lowest BCUT2D eigenvalue weighted by atomic mass is 10.2. The number of hydrogen-bond donors (Lipinski definition) is 1. The molecule has 1 aliphatic heterocycles. The zero-order valence-corrected chi connectivity index (χ0v) is 7.31. The molecule has 0 radical (unpaired) electrons. The fourth-order valence-corrected chi connectivity index (χ4v) is 1.09. The first-order valence-corrected chi connectivity index (χ1v) is 4.01. The SMILES string of the molecule is O=C(OC(=O)C(F)(F)F)[C@@H]1C[C@@H](F)CN1. The lowest BCUT2D eigenvalue weighted by molar-refractivity contribution is -0.202. The smallest absolute Gasteiger partial charge is 0.385 e. The molecule has 0 spiro atoms. The van der Waals surface area contributed by atoms with E-state index in [0.29, 0.717) is 0 Å². The second-order valence-electron chi connectivity index (χ2n) is 3.00. The highest BCUT2D eigenvalue weighted by atomic mass is 19.4. The van der Waals surface area contributed by atoms with Gasteiger partial charge in [0.15, 0.2) is 0 Å². The number of alkyl halides is 4. The number of ether oxygens (including phenoxy) is 1. The standard InChI is InChI=1S/C7H7F4NO3/c8-3-1-4(12-2-3)5(13)15-6(14)7(9,10)11/h3-4,12H,1-2H2/t3-,4+/m1/s1. The van der Waals surface area contributed by atoms with Gasteiger partial charge < -0.3 is 10.1 Å². The number of nitrogens with one attached hydrogen (secondary N) is 1. The Balaban J connectivity index is 2.46. The Morgan fingerprint density at radius 3 is 2.33 bits per heavy atom. The number of halogens is 4. The van der Waals surface area contributed by atoms with Crippen LogP contribution < -0.4 is 5.32 Å². The molecule has 0 bridgehead atoms.